The predicted octanol–water partition coefficient (Wildman–Crippen LogP) is 4.22. The van der Waals surface area contributed by atoms with Crippen LogP contribution in [0.15, 0.2) is 35.2 Å². The third-order valence-electron chi connectivity index (χ3n) is 3.81. The van der Waals surface area contributed by atoms with Gasteiger partial charge in [-0.05, 0) is 51.0 Å². The maximum absolute atomic E-state index is 12.7. The second kappa shape index (κ2) is 7.96. The highest BCUT2D eigenvalue weighted by molar-refractivity contribution is 7.89. The van der Waals surface area contributed by atoms with Crippen LogP contribution in [0.4, 0.5) is 5.69 Å². The molecule has 0 aliphatic carbocycles. The van der Waals surface area contributed by atoms with Crippen LogP contribution in [-0.2, 0) is 14.8 Å². The number of rotatable bonds is 5. The third kappa shape index (κ3) is 4.57. The molecule has 2 aromatic rings. The Morgan fingerprint density at radius 1 is 1.08 bits per heavy atom. The third-order valence-corrected chi connectivity index (χ3v) is 6.47. The number of benzene rings is 2. The molecule has 140 valence electrons. The van der Waals surface area contributed by atoms with Crippen molar-refractivity contribution in [3.8, 4) is 0 Å². The summed E-state index contributed by atoms with van der Waals surface area (Å²) in [6.07, 6.45) is 0. The summed E-state index contributed by atoms with van der Waals surface area (Å²) in [5, 5.41) is 3.07. The molecule has 1 atom stereocenters. The monoisotopic (exact) mass is 414 g/mol. The first kappa shape index (κ1) is 20.7. The Balaban J connectivity index is 2.22. The summed E-state index contributed by atoms with van der Waals surface area (Å²) in [6.45, 7) is 6.81. The molecular weight excluding hydrogens is 395 g/mol. The van der Waals surface area contributed by atoms with Gasteiger partial charge in [-0.3, -0.25) is 4.79 Å². The lowest BCUT2D eigenvalue weighted by molar-refractivity contribution is -0.117. The van der Waals surface area contributed by atoms with Gasteiger partial charge in [0.25, 0.3) is 0 Å². The molecule has 0 fully saturated rings. The summed E-state index contributed by atoms with van der Waals surface area (Å²) in [5.41, 5.74) is 2.54. The number of nitrogens with one attached hydrogen (secondary N) is 2. The zero-order chi connectivity index (χ0) is 19.6. The van der Waals surface area contributed by atoms with Crippen molar-refractivity contribution in [1.29, 1.82) is 0 Å². The fourth-order valence-electron chi connectivity index (χ4n) is 2.78. The van der Waals surface area contributed by atoms with Gasteiger partial charge in [0.05, 0.1) is 26.7 Å². The van der Waals surface area contributed by atoms with Crippen molar-refractivity contribution < 1.29 is 13.2 Å². The van der Waals surface area contributed by atoms with E-state index in [1.54, 1.807) is 44.2 Å². The minimum absolute atomic E-state index is 0.184. The number of hydrogen-bond donors (Lipinski definition) is 2. The number of carbonyl (C=O) groups is 1. The molecule has 0 aliphatic heterocycles. The summed E-state index contributed by atoms with van der Waals surface area (Å²) < 4.78 is 27.9. The van der Waals surface area contributed by atoms with Crippen LogP contribution in [-0.4, -0.2) is 20.4 Å². The number of anilines is 1. The van der Waals surface area contributed by atoms with Crippen LogP contribution in [0.1, 0.15) is 23.6 Å². The number of hydrogen-bond acceptors (Lipinski definition) is 3. The number of halogens is 2. The maximum Gasteiger partial charge on any atom is 0.242 e. The SMILES string of the molecule is Cc1cc(C)c(S(=O)(=O)NC(C)C(=O)Nc2cccc(Cl)c2Cl)c(C)c1. The van der Waals surface area contributed by atoms with Gasteiger partial charge in [-0.1, -0.05) is 47.0 Å². The van der Waals surface area contributed by atoms with E-state index in [-0.39, 0.29) is 9.92 Å². The average Bonchev–Trinajstić information content (AvgIpc) is 2.49. The van der Waals surface area contributed by atoms with Crippen LogP contribution in [0.25, 0.3) is 0 Å². The molecule has 26 heavy (non-hydrogen) atoms. The fraction of sp³-hybridized carbons (Fsp3) is 0.278. The molecule has 8 heteroatoms. The van der Waals surface area contributed by atoms with Crippen LogP contribution in [0, 0.1) is 20.8 Å². The summed E-state index contributed by atoms with van der Waals surface area (Å²) in [7, 11) is -3.86. The van der Waals surface area contributed by atoms with Gasteiger partial charge in [0, 0.05) is 0 Å². The van der Waals surface area contributed by atoms with E-state index in [9.17, 15) is 13.2 Å². The Labute approximate surface area is 163 Å². The molecule has 0 saturated carbocycles. The van der Waals surface area contributed by atoms with Crippen molar-refractivity contribution in [1.82, 2.24) is 4.72 Å². The van der Waals surface area contributed by atoms with Crippen LogP contribution in [0.5, 0.6) is 0 Å². The highest BCUT2D eigenvalue weighted by atomic mass is 35.5. The van der Waals surface area contributed by atoms with E-state index >= 15 is 0 Å². The van der Waals surface area contributed by atoms with E-state index < -0.39 is 22.0 Å². The molecule has 0 radical (unpaired) electrons. The average molecular weight is 415 g/mol. The standard InChI is InChI=1S/C18H20Cl2N2O3S/c1-10-8-11(2)17(12(3)9-10)26(24,25)22-13(4)18(23)21-15-7-5-6-14(19)16(15)20/h5-9,13,22H,1-4H3,(H,21,23). The Kier molecular flexibility index (Phi) is 6.34. The largest absolute Gasteiger partial charge is 0.323 e. The molecule has 0 aromatic heterocycles. The topological polar surface area (TPSA) is 75.3 Å². The molecule has 1 unspecified atom stereocenters. The fourth-order valence-corrected chi connectivity index (χ4v) is 4.78. The van der Waals surface area contributed by atoms with Crippen molar-refractivity contribution in [3.05, 3.63) is 57.1 Å². The van der Waals surface area contributed by atoms with Crippen LogP contribution in [0.3, 0.4) is 0 Å². The molecule has 0 aliphatic rings. The van der Waals surface area contributed by atoms with Gasteiger partial charge in [0.1, 0.15) is 0 Å². The summed E-state index contributed by atoms with van der Waals surface area (Å²) in [6, 6.07) is 7.39. The second-order valence-electron chi connectivity index (χ2n) is 6.16. The number of sulfonamides is 1. The lowest BCUT2D eigenvalue weighted by Crippen LogP contribution is -2.42. The molecule has 2 rings (SSSR count). The van der Waals surface area contributed by atoms with Gasteiger partial charge in [-0.15, -0.1) is 0 Å². The van der Waals surface area contributed by atoms with Crippen molar-refractivity contribution in [2.45, 2.75) is 38.6 Å². The predicted molar refractivity (Wildman–Crippen MR) is 106 cm³/mol. The van der Waals surface area contributed by atoms with E-state index in [1.807, 2.05) is 6.92 Å². The van der Waals surface area contributed by atoms with Gasteiger partial charge < -0.3 is 5.32 Å². The highest BCUT2D eigenvalue weighted by Crippen LogP contribution is 2.29. The normalized spacial score (nSPS) is 12.7. The number of amides is 1. The van der Waals surface area contributed by atoms with Crippen molar-refractivity contribution in [2.75, 3.05) is 5.32 Å². The molecule has 0 heterocycles. The van der Waals surface area contributed by atoms with Crippen LogP contribution in [0.2, 0.25) is 10.0 Å². The minimum Gasteiger partial charge on any atom is -0.323 e. The Morgan fingerprint density at radius 3 is 2.23 bits per heavy atom. The molecule has 0 saturated heterocycles. The van der Waals surface area contributed by atoms with Crippen LogP contribution >= 0.6 is 23.2 Å². The van der Waals surface area contributed by atoms with E-state index in [4.69, 9.17) is 23.2 Å². The molecular formula is C18H20Cl2N2O3S. The highest BCUT2D eigenvalue weighted by Gasteiger charge is 2.25. The van der Waals surface area contributed by atoms with Gasteiger partial charge >= 0.3 is 0 Å². The van der Waals surface area contributed by atoms with E-state index in [0.29, 0.717) is 21.8 Å². The van der Waals surface area contributed by atoms with Crippen LogP contribution < -0.4 is 10.0 Å². The van der Waals surface area contributed by atoms with Crippen molar-refractivity contribution in [3.63, 3.8) is 0 Å². The molecule has 1 amide bonds. The van der Waals surface area contributed by atoms with E-state index in [2.05, 4.69) is 10.0 Å². The van der Waals surface area contributed by atoms with Gasteiger partial charge in [0.15, 0.2) is 0 Å². The quantitative estimate of drug-likeness (QED) is 0.768. The summed E-state index contributed by atoms with van der Waals surface area (Å²) >= 11 is 12.0. The zero-order valence-electron chi connectivity index (χ0n) is 14.9. The summed E-state index contributed by atoms with van der Waals surface area (Å²) in [4.78, 5) is 12.6. The molecule has 5 nitrogen and oxygen atoms in total. The molecule has 0 bridgehead atoms. The summed E-state index contributed by atoms with van der Waals surface area (Å²) in [5.74, 6) is -0.542. The Hall–Kier alpha value is -1.60. The smallest absolute Gasteiger partial charge is 0.242 e. The first-order chi connectivity index (χ1) is 12.0. The lowest BCUT2D eigenvalue weighted by Gasteiger charge is -2.18. The first-order valence-electron chi connectivity index (χ1n) is 7.88. The van der Waals surface area contributed by atoms with E-state index in [1.165, 1.54) is 6.92 Å². The number of carbonyl (C=O) groups excluding carboxylic acids is 1. The van der Waals surface area contributed by atoms with Gasteiger partial charge in [0.2, 0.25) is 15.9 Å². The second-order valence-corrected chi connectivity index (χ2v) is 8.60. The van der Waals surface area contributed by atoms with Crippen molar-refractivity contribution >= 4 is 44.8 Å². The maximum atomic E-state index is 12.7. The molecule has 2 aromatic carbocycles. The Bertz CT molecular complexity index is 936. The zero-order valence-corrected chi connectivity index (χ0v) is 17.2. The molecule has 0 spiro atoms. The first-order valence-corrected chi connectivity index (χ1v) is 10.1. The minimum atomic E-state index is -3.86. The Morgan fingerprint density at radius 2 is 1.65 bits per heavy atom. The van der Waals surface area contributed by atoms with Gasteiger partial charge in [-0.2, -0.15) is 4.72 Å². The molecule has 2 N–H and O–H groups in total. The van der Waals surface area contributed by atoms with E-state index in [0.717, 1.165) is 5.56 Å². The lowest BCUT2D eigenvalue weighted by atomic mass is 10.1. The number of aryl methyl sites for hydroxylation is 3. The van der Waals surface area contributed by atoms with Gasteiger partial charge in [-0.25, -0.2) is 8.42 Å². The van der Waals surface area contributed by atoms with Crippen molar-refractivity contribution in [2.24, 2.45) is 0 Å².